The summed E-state index contributed by atoms with van der Waals surface area (Å²) in [6, 6.07) is 4.69. The van der Waals surface area contributed by atoms with Gasteiger partial charge in [0.1, 0.15) is 5.75 Å². The van der Waals surface area contributed by atoms with E-state index in [2.05, 4.69) is 18.3 Å². The summed E-state index contributed by atoms with van der Waals surface area (Å²) in [6.07, 6.45) is 5.61. The molecule has 2 rings (SSSR count). The fraction of sp³-hybridized carbons (Fsp3) is 0.600. The van der Waals surface area contributed by atoms with Crippen molar-refractivity contribution in [2.75, 3.05) is 13.7 Å². The van der Waals surface area contributed by atoms with Crippen molar-refractivity contribution in [3.8, 4) is 5.75 Å². The van der Waals surface area contributed by atoms with E-state index in [0.717, 1.165) is 36.6 Å². The zero-order chi connectivity index (χ0) is 13.0. The molecule has 2 nitrogen and oxygen atoms in total. The summed E-state index contributed by atoms with van der Waals surface area (Å²) in [5.41, 5.74) is 2.54. The maximum atomic E-state index is 6.17. The summed E-state index contributed by atoms with van der Waals surface area (Å²) in [5, 5.41) is 4.22. The zero-order valence-corrected chi connectivity index (χ0v) is 12.0. The Labute approximate surface area is 115 Å². The lowest BCUT2D eigenvalue weighted by atomic mass is 9.99. The Morgan fingerprint density at radius 1 is 1.39 bits per heavy atom. The van der Waals surface area contributed by atoms with Crippen molar-refractivity contribution >= 4 is 11.6 Å². The fourth-order valence-corrected chi connectivity index (χ4v) is 2.91. The highest BCUT2D eigenvalue weighted by Gasteiger charge is 2.18. The number of aryl methyl sites for hydroxylation is 1. The van der Waals surface area contributed by atoms with Crippen LogP contribution in [0.2, 0.25) is 5.02 Å². The smallest absolute Gasteiger partial charge is 0.125 e. The summed E-state index contributed by atoms with van der Waals surface area (Å²) in [6.45, 7) is 3.03. The van der Waals surface area contributed by atoms with E-state index in [4.69, 9.17) is 16.3 Å². The van der Waals surface area contributed by atoms with E-state index in [1.807, 2.05) is 13.1 Å². The minimum absolute atomic E-state index is 0.589. The number of hydrogen-bond donors (Lipinski definition) is 1. The number of fused-ring (bicyclic) bond motifs is 1. The van der Waals surface area contributed by atoms with Crippen LogP contribution in [0, 0.1) is 0 Å². The first-order valence-corrected chi connectivity index (χ1v) is 7.23. The van der Waals surface area contributed by atoms with Crippen LogP contribution in [0.1, 0.15) is 37.3 Å². The molecule has 0 aromatic heterocycles. The summed E-state index contributed by atoms with van der Waals surface area (Å²) < 4.78 is 5.73. The van der Waals surface area contributed by atoms with Crippen molar-refractivity contribution in [3.05, 3.63) is 28.3 Å². The van der Waals surface area contributed by atoms with Gasteiger partial charge in [-0.15, -0.1) is 0 Å². The Morgan fingerprint density at radius 2 is 2.22 bits per heavy atom. The van der Waals surface area contributed by atoms with E-state index >= 15 is 0 Å². The van der Waals surface area contributed by atoms with Gasteiger partial charge in [0, 0.05) is 17.5 Å². The average molecular weight is 268 g/mol. The van der Waals surface area contributed by atoms with Crippen LogP contribution < -0.4 is 10.1 Å². The van der Waals surface area contributed by atoms with E-state index < -0.39 is 0 Å². The third-order valence-electron chi connectivity index (χ3n) is 3.63. The first kappa shape index (κ1) is 13.7. The van der Waals surface area contributed by atoms with Gasteiger partial charge in [-0.2, -0.15) is 0 Å². The second-order valence-corrected chi connectivity index (χ2v) is 5.40. The second kappa shape index (κ2) is 6.44. The molecule has 1 heterocycles. The van der Waals surface area contributed by atoms with Crippen molar-refractivity contribution in [3.63, 3.8) is 0 Å². The van der Waals surface area contributed by atoms with E-state index in [-0.39, 0.29) is 0 Å². The molecule has 1 aliphatic heterocycles. The van der Waals surface area contributed by atoms with Crippen molar-refractivity contribution in [2.24, 2.45) is 0 Å². The molecule has 0 radical (unpaired) electrons. The maximum absolute atomic E-state index is 6.17. The van der Waals surface area contributed by atoms with Crippen molar-refractivity contribution in [2.45, 2.75) is 45.1 Å². The molecule has 18 heavy (non-hydrogen) atoms. The highest BCUT2D eigenvalue weighted by Crippen LogP contribution is 2.33. The van der Waals surface area contributed by atoms with Gasteiger partial charge in [0.2, 0.25) is 0 Å². The molecule has 0 aliphatic carbocycles. The van der Waals surface area contributed by atoms with Crippen molar-refractivity contribution < 1.29 is 4.74 Å². The van der Waals surface area contributed by atoms with Gasteiger partial charge in [0.15, 0.2) is 0 Å². The van der Waals surface area contributed by atoms with E-state index in [1.165, 1.54) is 24.0 Å². The highest BCUT2D eigenvalue weighted by atomic mass is 35.5. The molecule has 100 valence electrons. The molecule has 1 N–H and O–H groups in total. The Kier molecular flexibility index (Phi) is 4.90. The van der Waals surface area contributed by atoms with Crippen LogP contribution in [-0.2, 0) is 12.8 Å². The van der Waals surface area contributed by atoms with E-state index in [0.29, 0.717) is 6.04 Å². The molecule has 1 aromatic rings. The number of hydrogen-bond acceptors (Lipinski definition) is 2. The zero-order valence-electron chi connectivity index (χ0n) is 11.3. The highest BCUT2D eigenvalue weighted by molar-refractivity contribution is 6.30. The summed E-state index contributed by atoms with van der Waals surface area (Å²) in [4.78, 5) is 0. The number of ether oxygens (including phenoxy) is 1. The molecule has 0 saturated carbocycles. The Balaban J connectivity index is 2.05. The lowest BCUT2D eigenvalue weighted by molar-refractivity contribution is 0.352. The molecule has 0 saturated heterocycles. The standard InChI is InChI=1S/C15H22ClNO/c1-3-4-14(17-2)6-5-11-9-13(16)10-12-7-8-18-15(11)12/h9-10,14,17H,3-8H2,1-2H3. The number of halogens is 1. The van der Waals surface area contributed by atoms with Crippen LogP contribution in [0.5, 0.6) is 5.75 Å². The van der Waals surface area contributed by atoms with Gasteiger partial charge in [0.05, 0.1) is 6.61 Å². The van der Waals surface area contributed by atoms with Crippen molar-refractivity contribution in [1.82, 2.24) is 5.32 Å². The SMILES string of the molecule is CCCC(CCc1cc(Cl)cc2c1OCC2)NC. The Morgan fingerprint density at radius 3 is 2.94 bits per heavy atom. The molecular formula is C15H22ClNO. The van der Waals surface area contributed by atoms with Crippen molar-refractivity contribution in [1.29, 1.82) is 0 Å². The lowest BCUT2D eigenvalue weighted by Gasteiger charge is -2.16. The van der Waals surface area contributed by atoms with E-state index in [1.54, 1.807) is 0 Å². The minimum Gasteiger partial charge on any atom is -0.493 e. The Hall–Kier alpha value is -0.730. The third-order valence-corrected chi connectivity index (χ3v) is 3.85. The molecule has 0 bridgehead atoms. The van der Waals surface area contributed by atoms with Crippen LogP contribution in [-0.4, -0.2) is 19.7 Å². The predicted octanol–water partition coefficient (Wildman–Crippen LogP) is 3.60. The summed E-state index contributed by atoms with van der Waals surface area (Å²) in [5.74, 6) is 1.09. The fourth-order valence-electron chi connectivity index (χ4n) is 2.64. The lowest BCUT2D eigenvalue weighted by Crippen LogP contribution is -2.25. The molecule has 1 aliphatic rings. The molecule has 0 fully saturated rings. The van der Waals surface area contributed by atoms with Gasteiger partial charge in [-0.25, -0.2) is 0 Å². The monoisotopic (exact) mass is 267 g/mol. The Bertz CT molecular complexity index is 406. The molecule has 0 amide bonds. The predicted molar refractivity (Wildman–Crippen MR) is 76.7 cm³/mol. The van der Waals surface area contributed by atoms with Gasteiger partial charge in [-0.05, 0) is 49.6 Å². The normalized spacial score (nSPS) is 15.3. The average Bonchev–Trinajstić information content (AvgIpc) is 2.82. The van der Waals surface area contributed by atoms with E-state index in [9.17, 15) is 0 Å². The maximum Gasteiger partial charge on any atom is 0.125 e. The number of benzene rings is 1. The molecule has 0 spiro atoms. The van der Waals surface area contributed by atoms with Gasteiger partial charge in [0.25, 0.3) is 0 Å². The van der Waals surface area contributed by atoms with Crippen LogP contribution in [0.3, 0.4) is 0 Å². The quantitative estimate of drug-likeness (QED) is 0.850. The third kappa shape index (κ3) is 3.18. The summed E-state index contributed by atoms with van der Waals surface area (Å²) in [7, 11) is 2.04. The van der Waals surface area contributed by atoms with Crippen LogP contribution in [0.4, 0.5) is 0 Å². The topological polar surface area (TPSA) is 21.3 Å². The van der Waals surface area contributed by atoms with Crippen LogP contribution >= 0.6 is 11.6 Å². The number of rotatable bonds is 6. The minimum atomic E-state index is 0.589. The van der Waals surface area contributed by atoms with Crippen LogP contribution in [0.25, 0.3) is 0 Å². The molecule has 1 atom stereocenters. The summed E-state index contributed by atoms with van der Waals surface area (Å²) >= 11 is 6.17. The van der Waals surface area contributed by atoms with Gasteiger partial charge >= 0.3 is 0 Å². The molecule has 1 unspecified atom stereocenters. The van der Waals surface area contributed by atoms with Gasteiger partial charge in [-0.3, -0.25) is 0 Å². The molecule has 3 heteroatoms. The van der Waals surface area contributed by atoms with Gasteiger partial charge in [-0.1, -0.05) is 24.9 Å². The first-order chi connectivity index (χ1) is 8.74. The van der Waals surface area contributed by atoms with Crippen LogP contribution in [0.15, 0.2) is 12.1 Å². The first-order valence-electron chi connectivity index (χ1n) is 6.86. The molecule has 1 aromatic carbocycles. The van der Waals surface area contributed by atoms with Gasteiger partial charge < -0.3 is 10.1 Å². The second-order valence-electron chi connectivity index (χ2n) is 4.96. The number of nitrogens with one attached hydrogen (secondary N) is 1. The molecular weight excluding hydrogens is 246 g/mol. The largest absolute Gasteiger partial charge is 0.493 e.